The van der Waals surface area contributed by atoms with E-state index in [0.29, 0.717) is 0 Å². The first kappa shape index (κ1) is 13.5. The Labute approximate surface area is 115 Å². The normalized spacial score (nSPS) is 20.3. The Morgan fingerprint density at radius 3 is 2.94 bits per heavy atom. The van der Waals surface area contributed by atoms with Gasteiger partial charge in [0.1, 0.15) is 0 Å². The second kappa shape index (κ2) is 5.81. The Bertz CT molecular complexity index is 408. The van der Waals surface area contributed by atoms with Crippen LogP contribution >= 0.6 is 11.6 Å². The third kappa shape index (κ3) is 3.30. The van der Waals surface area contributed by atoms with Crippen LogP contribution in [0.1, 0.15) is 12.8 Å². The Morgan fingerprint density at radius 2 is 2.28 bits per heavy atom. The van der Waals surface area contributed by atoms with E-state index in [4.69, 9.17) is 17.3 Å². The summed E-state index contributed by atoms with van der Waals surface area (Å²) in [5.41, 5.74) is 7.82. The molecule has 0 bridgehead atoms. The SMILES string of the molecule is CN1CCC(CCN(C)c2cc(Cl)ccc2N)C1. The van der Waals surface area contributed by atoms with Crippen molar-refractivity contribution in [2.45, 2.75) is 12.8 Å². The number of anilines is 2. The lowest BCUT2D eigenvalue weighted by atomic mass is 10.0. The van der Waals surface area contributed by atoms with Gasteiger partial charge in [-0.05, 0) is 50.6 Å². The molecule has 100 valence electrons. The molecule has 1 fully saturated rings. The topological polar surface area (TPSA) is 32.5 Å². The van der Waals surface area contributed by atoms with Gasteiger partial charge in [0.15, 0.2) is 0 Å². The number of rotatable bonds is 4. The number of nitrogen functional groups attached to an aromatic ring is 1. The molecule has 1 atom stereocenters. The molecule has 0 spiro atoms. The number of benzene rings is 1. The van der Waals surface area contributed by atoms with E-state index in [1.165, 1.54) is 25.9 Å². The zero-order chi connectivity index (χ0) is 13.1. The van der Waals surface area contributed by atoms with Crippen molar-refractivity contribution in [2.75, 3.05) is 44.4 Å². The van der Waals surface area contributed by atoms with E-state index in [2.05, 4.69) is 23.9 Å². The van der Waals surface area contributed by atoms with Crippen LogP contribution in [0.15, 0.2) is 18.2 Å². The molecule has 4 heteroatoms. The molecule has 0 amide bonds. The Balaban J connectivity index is 1.91. The Morgan fingerprint density at radius 1 is 1.50 bits per heavy atom. The van der Waals surface area contributed by atoms with Crippen LogP contribution < -0.4 is 10.6 Å². The number of nitrogens with two attached hydrogens (primary N) is 1. The number of hydrogen-bond acceptors (Lipinski definition) is 3. The Hall–Kier alpha value is -0.930. The molecule has 0 saturated carbocycles. The molecule has 2 rings (SSSR count). The minimum Gasteiger partial charge on any atom is -0.397 e. The van der Waals surface area contributed by atoms with Gasteiger partial charge < -0.3 is 15.5 Å². The van der Waals surface area contributed by atoms with Crippen LogP contribution in [0.4, 0.5) is 11.4 Å². The molecule has 18 heavy (non-hydrogen) atoms. The monoisotopic (exact) mass is 267 g/mol. The maximum atomic E-state index is 6.02. The van der Waals surface area contributed by atoms with Crippen molar-refractivity contribution in [3.05, 3.63) is 23.2 Å². The molecule has 3 nitrogen and oxygen atoms in total. The fraction of sp³-hybridized carbons (Fsp3) is 0.571. The van der Waals surface area contributed by atoms with E-state index in [-0.39, 0.29) is 0 Å². The van der Waals surface area contributed by atoms with Gasteiger partial charge in [-0.15, -0.1) is 0 Å². The van der Waals surface area contributed by atoms with E-state index in [1.54, 1.807) is 0 Å². The highest BCUT2D eigenvalue weighted by Gasteiger charge is 2.19. The third-order valence-electron chi connectivity index (χ3n) is 3.77. The summed E-state index contributed by atoms with van der Waals surface area (Å²) in [6.07, 6.45) is 2.53. The minimum absolute atomic E-state index is 0.742. The van der Waals surface area contributed by atoms with Gasteiger partial charge in [-0.25, -0.2) is 0 Å². The lowest BCUT2D eigenvalue weighted by molar-refractivity contribution is 0.389. The summed E-state index contributed by atoms with van der Waals surface area (Å²) in [6.45, 7) is 3.48. The molecule has 1 aliphatic rings. The molecule has 1 unspecified atom stereocenters. The molecule has 1 aromatic rings. The van der Waals surface area contributed by atoms with E-state index in [0.717, 1.165) is 28.9 Å². The number of hydrogen-bond donors (Lipinski definition) is 1. The van der Waals surface area contributed by atoms with E-state index in [1.807, 2.05) is 18.2 Å². The second-order valence-electron chi connectivity index (χ2n) is 5.33. The maximum Gasteiger partial charge on any atom is 0.0612 e. The average Bonchev–Trinajstić information content (AvgIpc) is 2.75. The summed E-state index contributed by atoms with van der Waals surface area (Å²) in [7, 11) is 4.28. The highest BCUT2D eigenvalue weighted by molar-refractivity contribution is 6.31. The first-order chi connectivity index (χ1) is 8.56. The minimum atomic E-state index is 0.742. The molecule has 0 aliphatic carbocycles. The zero-order valence-electron chi connectivity index (χ0n) is 11.2. The Kier molecular flexibility index (Phi) is 4.36. The van der Waals surface area contributed by atoms with Crippen LogP contribution in [0.2, 0.25) is 5.02 Å². The first-order valence-electron chi connectivity index (χ1n) is 6.51. The largest absolute Gasteiger partial charge is 0.397 e. The summed E-state index contributed by atoms with van der Waals surface area (Å²) < 4.78 is 0. The van der Waals surface area contributed by atoms with Gasteiger partial charge in [-0.2, -0.15) is 0 Å². The fourth-order valence-electron chi connectivity index (χ4n) is 2.61. The lowest BCUT2D eigenvalue weighted by Crippen LogP contribution is -2.23. The standard InChI is InChI=1S/C14H22ClN3/c1-17-7-5-11(10-17)6-8-18(2)14-9-12(15)3-4-13(14)16/h3-4,9,11H,5-8,10,16H2,1-2H3. The van der Waals surface area contributed by atoms with Crippen molar-refractivity contribution in [2.24, 2.45) is 5.92 Å². The summed E-state index contributed by atoms with van der Waals surface area (Å²) in [5.74, 6) is 0.817. The third-order valence-corrected chi connectivity index (χ3v) is 4.00. The van der Waals surface area contributed by atoms with Crippen LogP contribution in [-0.2, 0) is 0 Å². The summed E-state index contributed by atoms with van der Waals surface area (Å²) >= 11 is 6.02. The molecule has 0 radical (unpaired) electrons. The predicted octanol–water partition coefficient (Wildman–Crippen LogP) is 2.70. The van der Waals surface area contributed by atoms with Crippen molar-refractivity contribution < 1.29 is 0 Å². The summed E-state index contributed by atoms with van der Waals surface area (Å²) in [4.78, 5) is 4.61. The lowest BCUT2D eigenvalue weighted by Gasteiger charge is -2.23. The number of halogens is 1. The van der Waals surface area contributed by atoms with Crippen molar-refractivity contribution in [1.82, 2.24) is 4.90 Å². The van der Waals surface area contributed by atoms with Gasteiger partial charge in [-0.1, -0.05) is 11.6 Å². The van der Waals surface area contributed by atoms with Crippen molar-refractivity contribution in [1.29, 1.82) is 0 Å². The summed E-state index contributed by atoms with van der Waals surface area (Å²) in [5, 5.41) is 0.742. The van der Waals surface area contributed by atoms with Crippen LogP contribution in [0, 0.1) is 5.92 Å². The molecule has 1 heterocycles. The molecule has 1 aliphatic heterocycles. The van der Waals surface area contributed by atoms with Crippen molar-refractivity contribution in [3.8, 4) is 0 Å². The number of nitrogens with zero attached hydrogens (tertiary/aromatic N) is 2. The van der Waals surface area contributed by atoms with Crippen LogP contribution in [-0.4, -0.2) is 38.6 Å². The highest BCUT2D eigenvalue weighted by Crippen LogP contribution is 2.27. The zero-order valence-corrected chi connectivity index (χ0v) is 12.0. The van der Waals surface area contributed by atoms with Gasteiger partial charge in [0, 0.05) is 25.2 Å². The van der Waals surface area contributed by atoms with Gasteiger partial charge in [0.2, 0.25) is 0 Å². The van der Waals surface area contributed by atoms with E-state index < -0.39 is 0 Å². The van der Waals surface area contributed by atoms with Crippen molar-refractivity contribution in [3.63, 3.8) is 0 Å². The van der Waals surface area contributed by atoms with E-state index >= 15 is 0 Å². The fourth-order valence-corrected chi connectivity index (χ4v) is 2.77. The van der Waals surface area contributed by atoms with E-state index in [9.17, 15) is 0 Å². The van der Waals surface area contributed by atoms with Gasteiger partial charge in [0.05, 0.1) is 11.4 Å². The molecule has 2 N–H and O–H groups in total. The van der Waals surface area contributed by atoms with Crippen molar-refractivity contribution >= 4 is 23.0 Å². The second-order valence-corrected chi connectivity index (χ2v) is 5.77. The maximum absolute atomic E-state index is 6.02. The molecule has 0 aromatic heterocycles. The smallest absolute Gasteiger partial charge is 0.0612 e. The molecular weight excluding hydrogens is 246 g/mol. The van der Waals surface area contributed by atoms with Gasteiger partial charge in [0.25, 0.3) is 0 Å². The van der Waals surface area contributed by atoms with Gasteiger partial charge >= 0.3 is 0 Å². The first-order valence-corrected chi connectivity index (χ1v) is 6.89. The number of likely N-dealkylation sites (tertiary alicyclic amines) is 1. The van der Waals surface area contributed by atoms with Gasteiger partial charge in [-0.3, -0.25) is 0 Å². The quantitative estimate of drug-likeness (QED) is 0.852. The van der Waals surface area contributed by atoms with Crippen LogP contribution in [0.5, 0.6) is 0 Å². The summed E-state index contributed by atoms with van der Waals surface area (Å²) in [6, 6.07) is 5.65. The van der Waals surface area contributed by atoms with Crippen LogP contribution in [0.3, 0.4) is 0 Å². The average molecular weight is 268 g/mol. The molecule has 1 aromatic carbocycles. The highest BCUT2D eigenvalue weighted by atomic mass is 35.5. The molecule has 1 saturated heterocycles. The molecular formula is C14H22ClN3. The van der Waals surface area contributed by atoms with Crippen LogP contribution in [0.25, 0.3) is 0 Å². The predicted molar refractivity (Wildman–Crippen MR) is 79.4 cm³/mol.